The van der Waals surface area contributed by atoms with Crippen LogP contribution in [0.4, 0.5) is 0 Å². The summed E-state index contributed by atoms with van der Waals surface area (Å²) in [7, 11) is 0. The van der Waals surface area contributed by atoms with E-state index in [1.165, 1.54) is 0 Å². The molecule has 1 aliphatic rings. The van der Waals surface area contributed by atoms with E-state index in [0.717, 1.165) is 6.42 Å². The molecule has 0 radical (unpaired) electrons. The van der Waals surface area contributed by atoms with Crippen LogP contribution < -0.4 is 0 Å². The third-order valence-corrected chi connectivity index (χ3v) is 1.66. The van der Waals surface area contributed by atoms with E-state index >= 15 is 0 Å². The van der Waals surface area contributed by atoms with Gasteiger partial charge in [0.25, 0.3) is 0 Å². The van der Waals surface area contributed by atoms with Crippen molar-refractivity contribution in [1.29, 1.82) is 0 Å². The second kappa shape index (κ2) is 1.73. The van der Waals surface area contributed by atoms with Gasteiger partial charge in [-0.15, -0.1) is 0 Å². The fraction of sp³-hybridized carbons (Fsp3) is 1.00. The lowest BCUT2D eigenvalue weighted by Gasteiger charge is -1.85. The van der Waals surface area contributed by atoms with Crippen molar-refractivity contribution in [3.63, 3.8) is 0 Å². The van der Waals surface area contributed by atoms with E-state index in [4.69, 9.17) is 0 Å². The maximum atomic E-state index is 9.80. The highest BCUT2D eigenvalue weighted by atomic mass is 16.6. The van der Waals surface area contributed by atoms with Crippen molar-refractivity contribution in [1.82, 2.24) is 0 Å². The first-order chi connectivity index (χ1) is 3.70. The second-order valence-corrected chi connectivity index (χ2v) is 2.49. The Morgan fingerprint density at radius 3 is 2.50 bits per heavy atom. The molecule has 2 atom stereocenters. The van der Waals surface area contributed by atoms with E-state index in [9.17, 15) is 10.1 Å². The number of hydrogen-bond donors (Lipinski definition) is 0. The number of nitrogens with zero attached hydrogens (tertiary/aromatic N) is 1. The van der Waals surface area contributed by atoms with Crippen molar-refractivity contribution in [3.05, 3.63) is 10.1 Å². The molecule has 3 nitrogen and oxygen atoms in total. The average Bonchev–Trinajstić information content (AvgIpc) is 2.17. The number of rotatable bonds is 2. The van der Waals surface area contributed by atoms with E-state index in [-0.39, 0.29) is 11.5 Å². The Labute approximate surface area is 47.8 Å². The molecule has 0 amide bonds. The van der Waals surface area contributed by atoms with Gasteiger partial charge in [0.2, 0.25) is 6.54 Å². The highest BCUT2D eigenvalue weighted by Crippen LogP contribution is 2.37. The Morgan fingerprint density at radius 2 is 2.38 bits per heavy atom. The lowest BCUT2D eigenvalue weighted by atomic mass is 10.3. The zero-order valence-electron chi connectivity index (χ0n) is 4.83. The molecule has 0 N–H and O–H groups in total. The molecule has 1 aliphatic carbocycles. The quantitative estimate of drug-likeness (QED) is 0.396. The van der Waals surface area contributed by atoms with Crippen molar-refractivity contribution >= 4 is 0 Å². The van der Waals surface area contributed by atoms with Gasteiger partial charge in [-0.05, 0) is 12.3 Å². The van der Waals surface area contributed by atoms with E-state index < -0.39 is 0 Å². The Hall–Kier alpha value is -0.600. The second-order valence-electron chi connectivity index (χ2n) is 2.49. The zero-order valence-corrected chi connectivity index (χ0v) is 4.83. The fourth-order valence-electron chi connectivity index (χ4n) is 0.845. The lowest BCUT2D eigenvalue weighted by Crippen LogP contribution is -2.02. The van der Waals surface area contributed by atoms with E-state index in [2.05, 4.69) is 0 Å². The molecule has 0 saturated heterocycles. The van der Waals surface area contributed by atoms with Crippen LogP contribution in [0.15, 0.2) is 0 Å². The van der Waals surface area contributed by atoms with Crippen LogP contribution in [0.2, 0.25) is 0 Å². The van der Waals surface area contributed by atoms with Crippen LogP contribution in [0.25, 0.3) is 0 Å². The minimum Gasteiger partial charge on any atom is -0.265 e. The summed E-state index contributed by atoms with van der Waals surface area (Å²) < 4.78 is 0. The smallest absolute Gasteiger partial charge is 0.206 e. The van der Waals surface area contributed by atoms with Crippen LogP contribution in [-0.4, -0.2) is 11.5 Å². The van der Waals surface area contributed by atoms with Crippen LogP contribution >= 0.6 is 0 Å². The Morgan fingerprint density at radius 1 is 1.88 bits per heavy atom. The Balaban J connectivity index is 2.14. The predicted molar refractivity (Wildman–Crippen MR) is 29.1 cm³/mol. The molecule has 0 heterocycles. The summed E-state index contributed by atoms with van der Waals surface area (Å²) in [5.74, 6) is 1.00. The summed E-state index contributed by atoms with van der Waals surface area (Å²) >= 11 is 0. The maximum absolute atomic E-state index is 9.80. The minimum absolute atomic E-state index is 0.182. The first kappa shape index (κ1) is 5.54. The summed E-state index contributed by atoms with van der Waals surface area (Å²) in [6.07, 6.45) is 1.06. The van der Waals surface area contributed by atoms with Gasteiger partial charge in [0.05, 0.1) is 0 Å². The van der Waals surface area contributed by atoms with Gasteiger partial charge < -0.3 is 0 Å². The molecule has 0 bridgehead atoms. The molecule has 2 unspecified atom stereocenters. The first-order valence-corrected chi connectivity index (χ1v) is 2.82. The van der Waals surface area contributed by atoms with Crippen LogP contribution in [-0.2, 0) is 0 Å². The monoisotopic (exact) mass is 115 g/mol. The van der Waals surface area contributed by atoms with Gasteiger partial charge in [0.15, 0.2) is 0 Å². The fourth-order valence-corrected chi connectivity index (χ4v) is 0.845. The van der Waals surface area contributed by atoms with E-state index in [1.54, 1.807) is 0 Å². The molecule has 0 aromatic carbocycles. The molecule has 8 heavy (non-hydrogen) atoms. The van der Waals surface area contributed by atoms with Gasteiger partial charge in [-0.1, -0.05) is 6.92 Å². The van der Waals surface area contributed by atoms with Crippen molar-refractivity contribution < 1.29 is 4.92 Å². The van der Waals surface area contributed by atoms with Crippen LogP contribution in [0, 0.1) is 22.0 Å². The van der Waals surface area contributed by atoms with Gasteiger partial charge in [-0.2, -0.15) is 0 Å². The molecule has 1 saturated carbocycles. The van der Waals surface area contributed by atoms with Crippen LogP contribution in [0.3, 0.4) is 0 Å². The van der Waals surface area contributed by atoms with Crippen molar-refractivity contribution in [3.8, 4) is 0 Å². The Kier molecular flexibility index (Phi) is 1.19. The van der Waals surface area contributed by atoms with Gasteiger partial charge in [-0.25, -0.2) is 0 Å². The normalized spacial score (nSPS) is 34.6. The van der Waals surface area contributed by atoms with Crippen LogP contribution in [0.1, 0.15) is 13.3 Å². The molecule has 0 aromatic heterocycles. The molecule has 1 rings (SSSR count). The third-order valence-electron chi connectivity index (χ3n) is 1.66. The van der Waals surface area contributed by atoms with E-state index in [1.807, 2.05) is 6.92 Å². The van der Waals surface area contributed by atoms with Crippen molar-refractivity contribution in [2.45, 2.75) is 13.3 Å². The summed E-state index contributed by atoms with van der Waals surface area (Å²) in [4.78, 5) is 9.57. The van der Waals surface area contributed by atoms with Crippen molar-refractivity contribution in [2.24, 2.45) is 11.8 Å². The lowest BCUT2D eigenvalue weighted by molar-refractivity contribution is -0.484. The number of nitro groups is 1. The maximum Gasteiger partial charge on any atom is 0.206 e. The molecule has 46 valence electrons. The van der Waals surface area contributed by atoms with E-state index in [0.29, 0.717) is 11.8 Å². The predicted octanol–water partition coefficient (Wildman–Crippen LogP) is 0.919. The molecular weight excluding hydrogens is 106 g/mol. The molecular formula is C5H9NO2. The molecule has 0 aromatic rings. The average molecular weight is 115 g/mol. The molecule has 3 heteroatoms. The summed E-state index contributed by atoms with van der Waals surface area (Å²) in [6.45, 7) is 2.23. The summed E-state index contributed by atoms with van der Waals surface area (Å²) in [5, 5.41) is 9.80. The molecule has 1 fully saturated rings. The van der Waals surface area contributed by atoms with Gasteiger partial charge in [-0.3, -0.25) is 10.1 Å². The topological polar surface area (TPSA) is 43.1 Å². The van der Waals surface area contributed by atoms with Gasteiger partial charge in [0.1, 0.15) is 0 Å². The first-order valence-electron chi connectivity index (χ1n) is 2.82. The highest BCUT2D eigenvalue weighted by molar-refractivity contribution is 4.81. The summed E-state index contributed by atoms with van der Waals surface area (Å²) in [6, 6.07) is 0. The summed E-state index contributed by atoms with van der Waals surface area (Å²) in [5.41, 5.74) is 0. The SMILES string of the molecule is CC1CC1C[N+](=O)[O-]. The third kappa shape index (κ3) is 1.18. The van der Waals surface area contributed by atoms with Crippen molar-refractivity contribution in [2.75, 3.05) is 6.54 Å². The van der Waals surface area contributed by atoms with Gasteiger partial charge >= 0.3 is 0 Å². The molecule has 0 aliphatic heterocycles. The largest absolute Gasteiger partial charge is 0.265 e. The van der Waals surface area contributed by atoms with Crippen LogP contribution in [0.5, 0.6) is 0 Å². The Bertz CT molecular complexity index is 113. The molecule has 0 spiro atoms. The zero-order chi connectivity index (χ0) is 6.15. The number of hydrogen-bond acceptors (Lipinski definition) is 2. The highest BCUT2D eigenvalue weighted by Gasteiger charge is 2.36. The standard InChI is InChI=1S/C5H9NO2/c1-4-2-5(4)3-6(7)8/h4-5H,2-3H2,1H3. The van der Waals surface area contributed by atoms with Gasteiger partial charge in [0, 0.05) is 10.8 Å². The minimum atomic E-state index is -0.228.